The summed E-state index contributed by atoms with van der Waals surface area (Å²) >= 11 is 0. The van der Waals surface area contributed by atoms with E-state index in [9.17, 15) is 9.90 Å². The number of ether oxygens (including phenoxy) is 1. The Bertz CT molecular complexity index is 574. The van der Waals surface area contributed by atoms with E-state index in [2.05, 4.69) is 0 Å². The van der Waals surface area contributed by atoms with Gasteiger partial charge in [0.05, 0.1) is 12.7 Å². The molecule has 3 nitrogen and oxygen atoms in total. The van der Waals surface area contributed by atoms with Crippen molar-refractivity contribution in [1.29, 1.82) is 0 Å². The number of esters is 1. The number of hydrogen-bond donors (Lipinski definition) is 1. The second-order valence-electron chi connectivity index (χ2n) is 4.04. The standard InChI is InChI=1S/C15H14O3/c1-10-8-12(16)9-13(14(10)15(17)18-2)11-6-4-3-5-7-11/h3-9,16H,1-2H3. The second kappa shape index (κ2) is 4.92. The van der Waals surface area contributed by atoms with Crippen LogP contribution in [0.1, 0.15) is 15.9 Å². The number of benzene rings is 2. The normalized spacial score (nSPS) is 10.1. The molecule has 0 atom stereocenters. The third-order valence-corrected chi connectivity index (χ3v) is 2.79. The third kappa shape index (κ3) is 2.20. The van der Waals surface area contributed by atoms with Crippen molar-refractivity contribution < 1.29 is 14.6 Å². The molecule has 0 saturated heterocycles. The van der Waals surface area contributed by atoms with Crippen LogP contribution in [-0.4, -0.2) is 18.2 Å². The minimum absolute atomic E-state index is 0.138. The highest BCUT2D eigenvalue weighted by Crippen LogP contribution is 2.30. The Kier molecular flexibility index (Phi) is 3.33. The van der Waals surface area contributed by atoms with Crippen LogP contribution in [-0.2, 0) is 4.74 Å². The SMILES string of the molecule is COC(=O)c1c(C)cc(O)cc1-c1ccccc1. The van der Waals surface area contributed by atoms with E-state index in [-0.39, 0.29) is 5.75 Å². The van der Waals surface area contributed by atoms with Crippen molar-refractivity contribution in [2.75, 3.05) is 7.11 Å². The number of aryl methyl sites for hydroxylation is 1. The summed E-state index contributed by atoms with van der Waals surface area (Å²) in [5.41, 5.74) is 2.74. The topological polar surface area (TPSA) is 46.5 Å². The van der Waals surface area contributed by atoms with Crippen LogP contribution < -0.4 is 0 Å². The minimum atomic E-state index is -0.397. The summed E-state index contributed by atoms with van der Waals surface area (Å²) in [7, 11) is 1.35. The van der Waals surface area contributed by atoms with Gasteiger partial charge in [0.25, 0.3) is 0 Å². The monoisotopic (exact) mass is 242 g/mol. The third-order valence-electron chi connectivity index (χ3n) is 2.79. The number of phenols is 1. The zero-order valence-corrected chi connectivity index (χ0v) is 10.3. The van der Waals surface area contributed by atoms with Crippen LogP contribution in [0.5, 0.6) is 5.75 Å². The molecule has 0 fully saturated rings. The van der Waals surface area contributed by atoms with Gasteiger partial charge in [-0.05, 0) is 30.2 Å². The molecule has 0 unspecified atom stereocenters. The summed E-state index contributed by atoms with van der Waals surface area (Å²) < 4.78 is 4.80. The molecule has 2 rings (SSSR count). The van der Waals surface area contributed by atoms with Crippen molar-refractivity contribution in [3.05, 3.63) is 53.6 Å². The van der Waals surface area contributed by atoms with Crippen LogP contribution in [0.3, 0.4) is 0 Å². The summed E-state index contributed by atoms with van der Waals surface area (Å²) in [6.45, 7) is 1.78. The molecule has 2 aromatic rings. The van der Waals surface area contributed by atoms with Crippen LogP contribution >= 0.6 is 0 Å². The van der Waals surface area contributed by atoms with Gasteiger partial charge >= 0.3 is 5.97 Å². The van der Waals surface area contributed by atoms with E-state index in [0.29, 0.717) is 16.7 Å². The van der Waals surface area contributed by atoms with Crippen LogP contribution in [0.15, 0.2) is 42.5 Å². The fraction of sp³-hybridized carbons (Fsp3) is 0.133. The zero-order valence-electron chi connectivity index (χ0n) is 10.3. The molecule has 3 heteroatoms. The average Bonchev–Trinajstić information content (AvgIpc) is 2.38. The molecule has 0 aliphatic rings. The molecule has 92 valence electrons. The lowest BCUT2D eigenvalue weighted by Gasteiger charge is -2.11. The largest absolute Gasteiger partial charge is 0.508 e. The Labute approximate surface area is 106 Å². The number of hydrogen-bond acceptors (Lipinski definition) is 3. The van der Waals surface area contributed by atoms with E-state index in [1.165, 1.54) is 7.11 Å². The van der Waals surface area contributed by atoms with Gasteiger partial charge < -0.3 is 9.84 Å². The molecule has 0 bridgehead atoms. The Morgan fingerprint density at radius 2 is 1.83 bits per heavy atom. The number of carbonyl (C=O) groups excluding carboxylic acids is 1. The molecule has 0 aliphatic carbocycles. The fourth-order valence-electron chi connectivity index (χ4n) is 1.99. The first-order valence-corrected chi connectivity index (χ1v) is 5.61. The number of aromatic hydroxyl groups is 1. The number of rotatable bonds is 2. The summed E-state index contributed by atoms with van der Waals surface area (Å²) in [6.07, 6.45) is 0. The highest BCUT2D eigenvalue weighted by molar-refractivity contribution is 5.99. The smallest absolute Gasteiger partial charge is 0.338 e. The van der Waals surface area contributed by atoms with Gasteiger partial charge in [0, 0.05) is 5.56 Å². The quantitative estimate of drug-likeness (QED) is 0.823. The van der Waals surface area contributed by atoms with Gasteiger partial charge in [-0.3, -0.25) is 0 Å². The van der Waals surface area contributed by atoms with Crippen LogP contribution in [0.4, 0.5) is 0 Å². The van der Waals surface area contributed by atoms with Crippen LogP contribution in [0.2, 0.25) is 0 Å². The maximum absolute atomic E-state index is 11.8. The van der Waals surface area contributed by atoms with E-state index in [0.717, 1.165) is 5.56 Å². The number of phenolic OH excluding ortho intramolecular Hbond substituents is 1. The molecular formula is C15H14O3. The molecule has 0 aromatic heterocycles. The maximum atomic E-state index is 11.8. The van der Waals surface area contributed by atoms with Crippen molar-refractivity contribution in [3.63, 3.8) is 0 Å². The fourth-order valence-corrected chi connectivity index (χ4v) is 1.99. The molecule has 0 spiro atoms. The molecular weight excluding hydrogens is 228 g/mol. The Hall–Kier alpha value is -2.29. The average molecular weight is 242 g/mol. The van der Waals surface area contributed by atoms with Gasteiger partial charge in [-0.15, -0.1) is 0 Å². The van der Waals surface area contributed by atoms with Crippen molar-refractivity contribution in [2.45, 2.75) is 6.92 Å². The second-order valence-corrected chi connectivity index (χ2v) is 4.04. The highest BCUT2D eigenvalue weighted by atomic mass is 16.5. The first-order chi connectivity index (χ1) is 8.63. The van der Waals surface area contributed by atoms with Gasteiger partial charge in [0.1, 0.15) is 5.75 Å². The lowest BCUT2D eigenvalue weighted by Crippen LogP contribution is -2.06. The van der Waals surface area contributed by atoms with Gasteiger partial charge in [0.15, 0.2) is 0 Å². The Balaban J connectivity index is 2.69. The Morgan fingerprint density at radius 1 is 1.17 bits per heavy atom. The van der Waals surface area contributed by atoms with Gasteiger partial charge in [-0.1, -0.05) is 30.3 Å². The summed E-state index contributed by atoms with van der Waals surface area (Å²) in [4.78, 5) is 11.8. The van der Waals surface area contributed by atoms with Gasteiger partial charge in [0.2, 0.25) is 0 Å². The molecule has 1 N–H and O–H groups in total. The van der Waals surface area contributed by atoms with Gasteiger partial charge in [-0.2, -0.15) is 0 Å². The van der Waals surface area contributed by atoms with Crippen molar-refractivity contribution in [3.8, 4) is 16.9 Å². The van der Waals surface area contributed by atoms with Crippen molar-refractivity contribution in [2.24, 2.45) is 0 Å². The van der Waals surface area contributed by atoms with E-state index < -0.39 is 5.97 Å². The van der Waals surface area contributed by atoms with E-state index in [1.54, 1.807) is 19.1 Å². The predicted molar refractivity (Wildman–Crippen MR) is 69.6 cm³/mol. The van der Waals surface area contributed by atoms with Crippen molar-refractivity contribution >= 4 is 5.97 Å². The van der Waals surface area contributed by atoms with E-state index in [1.807, 2.05) is 30.3 Å². The van der Waals surface area contributed by atoms with Crippen LogP contribution in [0, 0.1) is 6.92 Å². The maximum Gasteiger partial charge on any atom is 0.338 e. The predicted octanol–water partition coefficient (Wildman–Crippen LogP) is 3.15. The van der Waals surface area contributed by atoms with Gasteiger partial charge in [-0.25, -0.2) is 4.79 Å². The lowest BCUT2D eigenvalue weighted by molar-refractivity contribution is 0.0601. The van der Waals surface area contributed by atoms with Crippen molar-refractivity contribution in [1.82, 2.24) is 0 Å². The lowest BCUT2D eigenvalue weighted by atomic mass is 9.95. The molecule has 18 heavy (non-hydrogen) atoms. The van der Waals surface area contributed by atoms with E-state index >= 15 is 0 Å². The Morgan fingerprint density at radius 3 is 2.44 bits per heavy atom. The number of methoxy groups -OCH3 is 1. The zero-order chi connectivity index (χ0) is 13.1. The van der Waals surface area contributed by atoms with Crippen LogP contribution in [0.25, 0.3) is 11.1 Å². The minimum Gasteiger partial charge on any atom is -0.508 e. The molecule has 2 aromatic carbocycles. The molecule has 0 saturated carbocycles. The molecule has 0 radical (unpaired) electrons. The summed E-state index contributed by atoms with van der Waals surface area (Å²) in [5.74, 6) is -0.259. The number of carbonyl (C=O) groups is 1. The molecule has 0 amide bonds. The molecule has 0 heterocycles. The highest BCUT2D eigenvalue weighted by Gasteiger charge is 2.17. The summed E-state index contributed by atoms with van der Waals surface area (Å²) in [5, 5.41) is 9.68. The first kappa shape index (κ1) is 12.2. The summed E-state index contributed by atoms with van der Waals surface area (Å²) in [6, 6.07) is 12.6. The first-order valence-electron chi connectivity index (χ1n) is 5.61. The van der Waals surface area contributed by atoms with E-state index in [4.69, 9.17) is 4.74 Å². The molecule has 0 aliphatic heterocycles.